The number of hydrogen-bond acceptors (Lipinski definition) is 3. The van der Waals surface area contributed by atoms with Crippen molar-refractivity contribution in [3.05, 3.63) is 46.5 Å². The zero-order chi connectivity index (χ0) is 24.2. The van der Waals surface area contributed by atoms with Gasteiger partial charge in [-0.3, -0.25) is 19.2 Å². The molecule has 4 nitrogen and oxygen atoms in total. The maximum Gasteiger partial charge on any atom is 0.226 e. The molecule has 2 atom stereocenters. The van der Waals surface area contributed by atoms with Crippen molar-refractivity contribution in [1.29, 1.82) is 0 Å². The molecule has 1 N–H and O–H groups in total. The Hall–Kier alpha value is -2.37. The van der Waals surface area contributed by atoms with Crippen LogP contribution in [0.3, 0.4) is 0 Å². The highest BCUT2D eigenvalue weighted by Gasteiger charge is 2.43. The van der Waals surface area contributed by atoms with Crippen molar-refractivity contribution in [2.24, 2.45) is 15.9 Å². The van der Waals surface area contributed by atoms with Crippen molar-refractivity contribution < 1.29 is 15.0 Å². The molecular weight excluding hydrogens is 396 g/mol. The van der Waals surface area contributed by atoms with Crippen LogP contribution in [0.1, 0.15) is 66.9 Å². The van der Waals surface area contributed by atoms with Gasteiger partial charge in [0.2, 0.25) is 5.91 Å². The number of hydrogen-bond donors (Lipinski definition) is 1. The van der Waals surface area contributed by atoms with Crippen LogP contribution in [-0.4, -0.2) is 43.9 Å². The SMILES string of the molecule is CC.CCN=C1NC(=O)C[C@@H](C(C)(F)CC)/C1=C(/C)C(=NC)c1ccccc1C.CF.[HH]. The van der Waals surface area contributed by atoms with E-state index in [0.717, 1.165) is 28.0 Å². The number of halogens is 2. The summed E-state index contributed by atoms with van der Waals surface area (Å²) >= 11 is 0. The normalized spacial score (nSPS) is 21.1. The number of carbonyl (C=O) groups is 1. The van der Waals surface area contributed by atoms with Crippen LogP contribution in [0.15, 0.2) is 45.4 Å². The average Bonchev–Trinajstić information content (AvgIpc) is 2.78. The molecule has 1 aromatic rings. The molecule has 1 saturated heterocycles. The Kier molecular flexibility index (Phi) is 12.8. The maximum atomic E-state index is 15.4. The molecule has 0 radical (unpaired) electrons. The molecule has 0 bridgehead atoms. The summed E-state index contributed by atoms with van der Waals surface area (Å²) in [6.45, 7) is 13.8. The summed E-state index contributed by atoms with van der Waals surface area (Å²) in [5.74, 6) is -0.266. The molecule has 1 heterocycles. The van der Waals surface area contributed by atoms with Gasteiger partial charge >= 0.3 is 0 Å². The molecule has 1 aliphatic rings. The number of allylic oxidation sites excluding steroid dienone is 1. The standard InChI is InChI=1S/C22H30FN3O.C2H6.CH3F.H2/c1-7-22(5,23)17-13-18(27)26-21(25-8-2)19(17)15(4)20(24-6)16-12-10-9-11-14(16)3;2*1-2;/h9-12,17H,7-8,13H2,1-6H3,(H,25,26,27);1-2H3;1H3;1H/b19-15+,24-20?;;;/t17-,22?;;;/m1.../s1. The average molecular weight is 438 g/mol. The van der Waals surface area contributed by atoms with Gasteiger partial charge in [0, 0.05) is 38.5 Å². The van der Waals surface area contributed by atoms with Gasteiger partial charge in [-0.25, -0.2) is 4.39 Å². The van der Waals surface area contributed by atoms with E-state index in [2.05, 4.69) is 15.3 Å². The first-order valence-corrected chi connectivity index (χ1v) is 10.9. The third-order valence-electron chi connectivity index (χ3n) is 5.37. The van der Waals surface area contributed by atoms with E-state index in [9.17, 15) is 9.18 Å². The van der Waals surface area contributed by atoms with Crippen LogP contribution < -0.4 is 5.32 Å². The summed E-state index contributed by atoms with van der Waals surface area (Å²) in [6.07, 6.45) is 0.436. The summed E-state index contributed by atoms with van der Waals surface area (Å²) in [5.41, 5.74) is 3.02. The predicted octanol–water partition coefficient (Wildman–Crippen LogP) is 6.28. The monoisotopic (exact) mass is 437 g/mol. The van der Waals surface area contributed by atoms with E-state index in [1.54, 1.807) is 14.0 Å². The Balaban J connectivity index is 0. The third-order valence-corrected chi connectivity index (χ3v) is 5.37. The van der Waals surface area contributed by atoms with Gasteiger partial charge in [0.05, 0.1) is 12.9 Å². The fourth-order valence-corrected chi connectivity index (χ4v) is 3.64. The lowest BCUT2D eigenvalue weighted by molar-refractivity contribution is -0.122. The molecule has 1 aliphatic heterocycles. The summed E-state index contributed by atoms with van der Waals surface area (Å²) in [7, 11) is 2.24. The Labute approximate surface area is 188 Å². The fraction of sp³-hybridized carbons (Fsp3) is 0.560. The number of nitrogens with zero attached hydrogens (tertiary/aromatic N) is 2. The van der Waals surface area contributed by atoms with Crippen molar-refractivity contribution in [1.82, 2.24) is 5.32 Å². The van der Waals surface area contributed by atoms with Gasteiger partial charge in [-0.05, 0) is 45.3 Å². The molecular formula is C25H41F2N3O. The minimum atomic E-state index is -1.51. The first kappa shape index (κ1) is 28.6. The van der Waals surface area contributed by atoms with E-state index in [-0.39, 0.29) is 13.8 Å². The lowest BCUT2D eigenvalue weighted by Gasteiger charge is -2.36. The van der Waals surface area contributed by atoms with Gasteiger partial charge in [0.15, 0.2) is 0 Å². The highest BCUT2D eigenvalue weighted by Crippen LogP contribution is 2.38. The second kappa shape index (κ2) is 13.8. The van der Waals surface area contributed by atoms with Crippen LogP contribution in [0.4, 0.5) is 8.78 Å². The van der Waals surface area contributed by atoms with E-state index in [1.807, 2.05) is 65.8 Å². The van der Waals surface area contributed by atoms with Gasteiger partial charge in [-0.15, -0.1) is 0 Å². The number of piperidine rings is 1. The highest BCUT2D eigenvalue weighted by atomic mass is 19.1. The molecule has 6 heteroatoms. The van der Waals surface area contributed by atoms with Crippen LogP contribution in [-0.2, 0) is 4.79 Å². The van der Waals surface area contributed by atoms with E-state index >= 15 is 4.39 Å². The summed E-state index contributed by atoms with van der Waals surface area (Å²) in [5, 5.41) is 2.85. The Morgan fingerprint density at radius 1 is 1.26 bits per heavy atom. The zero-order valence-corrected chi connectivity index (χ0v) is 20.6. The molecule has 0 aromatic heterocycles. The van der Waals surface area contributed by atoms with Crippen molar-refractivity contribution in [2.45, 2.75) is 67.0 Å². The molecule has 0 saturated carbocycles. The van der Waals surface area contributed by atoms with Crippen LogP contribution in [0.2, 0.25) is 0 Å². The topological polar surface area (TPSA) is 53.8 Å². The van der Waals surface area contributed by atoms with Gasteiger partial charge in [0.1, 0.15) is 11.5 Å². The zero-order valence-electron chi connectivity index (χ0n) is 20.6. The maximum absolute atomic E-state index is 15.4. The van der Waals surface area contributed by atoms with Gasteiger partial charge in [0.25, 0.3) is 0 Å². The minimum absolute atomic E-state index is 0. The first-order chi connectivity index (χ1) is 14.8. The van der Waals surface area contributed by atoms with E-state index in [0.29, 0.717) is 26.0 Å². The Morgan fingerprint density at radius 2 is 1.84 bits per heavy atom. The predicted molar refractivity (Wildman–Crippen MR) is 131 cm³/mol. The second-order valence-corrected chi connectivity index (χ2v) is 7.19. The van der Waals surface area contributed by atoms with E-state index in [4.69, 9.17) is 0 Å². The smallest absolute Gasteiger partial charge is 0.226 e. The molecule has 0 aliphatic carbocycles. The Morgan fingerprint density at radius 3 is 2.32 bits per heavy atom. The van der Waals surface area contributed by atoms with Gasteiger partial charge in [-0.2, -0.15) is 0 Å². The number of amides is 1. The number of benzene rings is 1. The fourth-order valence-electron chi connectivity index (χ4n) is 3.64. The van der Waals surface area contributed by atoms with E-state index in [1.165, 1.54) is 0 Å². The number of aliphatic imine (C=N–C) groups is 2. The van der Waals surface area contributed by atoms with Crippen molar-refractivity contribution in [3.8, 4) is 0 Å². The van der Waals surface area contributed by atoms with Crippen LogP contribution in [0, 0.1) is 12.8 Å². The van der Waals surface area contributed by atoms with Crippen molar-refractivity contribution in [2.75, 3.05) is 20.8 Å². The van der Waals surface area contributed by atoms with E-state index < -0.39 is 11.6 Å². The molecule has 31 heavy (non-hydrogen) atoms. The summed E-state index contributed by atoms with van der Waals surface area (Å²) in [6, 6.07) is 8.00. The number of amidine groups is 1. The van der Waals surface area contributed by atoms with Crippen LogP contribution >= 0.6 is 0 Å². The summed E-state index contributed by atoms with van der Waals surface area (Å²) in [4.78, 5) is 21.2. The second-order valence-electron chi connectivity index (χ2n) is 7.19. The Bertz CT molecular complexity index is 817. The van der Waals surface area contributed by atoms with Crippen LogP contribution in [0.5, 0.6) is 0 Å². The van der Waals surface area contributed by atoms with Crippen molar-refractivity contribution >= 4 is 17.5 Å². The molecule has 1 amide bonds. The largest absolute Gasteiger partial charge is 0.311 e. The van der Waals surface area contributed by atoms with Crippen LogP contribution in [0.25, 0.3) is 0 Å². The highest BCUT2D eigenvalue weighted by molar-refractivity contribution is 6.20. The lowest BCUT2D eigenvalue weighted by atomic mass is 9.75. The van der Waals surface area contributed by atoms with Gasteiger partial charge < -0.3 is 5.32 Å². The summed E-state index contributed by atoms with van der Waals surface area (Å²) < 4.78 is 24.9. The molecule has 0 spiro atoms. The number of alkyl halides is 2. The minimum Gasteiger partial charge on any atom is -0.311 e. The molecule has 1 aromatic carbocycles. The molecule has 2 rings (SSSR count). The molecule has 176 valence electrons. The molecule has 1 fully saturated rings. The number of nitrogens with one attached hydrogen (secondary N) is 1. The number of rotatable bonds is 5. The first-order valence-electron chi connectivity index (χ1n) is 10.9. The van der Waals surface area contributed by atoms with Crippen molar-refractivity contribution in [3.63, 3.8) is 0 Å². The lowest BCUT2D eigenvalue weighted by Crippen LogP contribution is -2.48. The number of carbonyl (C=O) groups excluding carboxylic acids is 1. The number of aryl methyl sites for hydroxylation is 1. The third kappa shape index (κ3) is 7.08. The van der Waals surface area contributed by atoms with Gasteiger partial charge in [-0.1, -0.05) is 45.0 Å². The quantitative estimate of drug-likeness (QED) is 0.541. The molecule has 1 unspecified atom stereocenters.